The Balaban J connectivity index is 2.39. The van der Waals surface area contributed by atoms with Crippen molar-refractivity contribution in [2.24, 2.45) is 5.92 Å². The van der Waals surface area contributed by atoms with Gasteiger partial charge in [-0.05, 0) is 25.0 Å². The van der Waals surface area contributed by atoms with E-state index >= 15 is 0 Å². The van der Waals surface area contributed by atoms with E-state index in [1.165, 1.54) is 0 Å². The number of ether oxygens (including phenoxy) is 1. The molecule has 2 rings (SSSR count). The van der Waals surface area contributed by atoms with E-state index in [0.717, 1.165) is 23.6 Å². The van der Waals surface area contributed by atoms with Crippen LogP contribution >= 0.6 is 0 Å². The zero-order valence-corrected chi connectivity index (χ0v) is 11.8. The van der Waals surface area contributed by atoms with E-state index < -0.39 is 0 Å². The molecule has 2 N–H and O–H groups in total. The third kappa shape index (κ3) is 2.89. The van der Waals surface area contributed by atoms with Crippen LogP contribution in [0.25, 0.3) is 11.3 Å². The maximum absolute atomic E-state index is 6.19. The number of hydrogen-bond acceptors (Lipinski definition) is 3. The molecule has 1 aromatic heterocycles. The Kier molecular flexibility index (Phi) is 4.10. The minimum absolute atomic E-state index is 0.534. The highest BCUT2D eigenvalue weighted by Gasteiger charge is 2.14. The molecule has 102 valence electrons. The van der Waals surface area contributed by atoms with Gasteiger partial charge in [0.15, 0.2) is 0 Å². The summed E-state index contributed by atoms with van der Waals surface area (Å²) in [6, 6.07) is 7.86. The first-order valence-electron chi connectivity index (χ1n) is 6.66. The Morgan fingerprint density at radius 1 is 1.32 bits per heavy atom. The summed E-state index contributed by atoms with van der Waals surface area (Å²) >= 11 is 0. The molecule has 1 aromatic carbocycles. The molecule has 0 saturated carbocycles. The van der Waals surface area contributed by atoms with Crippen molar-refractivity contribution in [1.29, 1.82) is 0 Å². The average molecular weight is 259 g/mol. The van der Waals surface area contributed by atoms with Gasteiger partial charge in [0.05, 0.1) is 12.9 Å². The summed E-state index contributed by atoms with van der Waals surface area (Å²) in [5, 5.41) is 0. The zero-order valence-electron chi connectivity index (χ0n) is 11.8. The first-order valence-corrected chi connectivity index (χ1v) is 6.66. The van der Waals surface area contributed by atoms with Crippen molar-refractivity contribution < 1.29 is 4.74 Å². The van der Waals surface area contributed by atoms with Crippen molar-refractivity contribution in [2.75, 3.05) is 12.3 Å². The maximum Gasteiger partial charge on any atom is 0.131 e. The summed E-state index contributed by atoms with van der Waals surface area (Å²) in [6.07, 6.45) is 1.80. The Hall–Kier alpha value is -1.97. The number of aromatic nitrogens is 2. The number of anilines is 1. The van der Waals surface area contributed by atoms with Gasteiger partial charge in [0, 0.05) is 12.1 Å². The second-order valence-electron chi connectivity index (χ2n) is 4.95. The van der Waals surface area contributed by atoms with Gasteiger partial charge in [0.2, 0.25) is 0 Å². The van der Waals surface area contributed by atoms with E-state index in [1.54, 1.807) is 6.33 Å². The van der Waals surface area contributed by atoms with Crippen molar-refractivity contribution in [1.82, 2.24) is 9.55 Å². The highest BCUT2D eigenvalue weighted by molar-refractivity contribution is 5.75. The largest absolute Gasteiger partial charge is 0.493 e. The molecule has 0 atom stereocenters. The number of rotatable bonds is 5. The quantitative estimate of drug-likeness (QED) is 0.897. The minimum atomic E-state index is 0.534. The van der Waals surface area contributed by atoms with Crippen molar-refractivity contribution >= 4 is 5.82 Å². The maximum atomic E-state index is 6.19. The molecule has 0 spiro atoms. The Morgan fingerprint density at radius 3 is 2.74 bits per heavy atom. The molecule has 0 aliphatic rings. The van der Waals surface area contributed by atoms with Crippen LogP contribution in [0.4, 0.5) is 5.82 Å². The van der Waals surface area contributed by atoms with Crippen LogP contribution in [0, 0.1) is 5.92 Å². The lowest BCUT2D eigenvalue weighted by Crippen LogP contribution is -2.07. The Labute approximate surface area is 114 Å². The van der Waals surface area contributed by atoms with Gasteiger partial charge < -0.3 is 15.0 Å². The molecule has 19 heavy (non-hydrogen) atoms. The molecule has 0 aliphatic carbocycles. The smallest absolute Gasteiger partial charge is 0.131 e. The Bertz CT molecular complexity index is 546. The van der Waals surface area contributed by atoms with Gasteiger partial charge in [-0.2, -0.15) is 0 Å². The van der Waals surface area contributed by atoms with E-state index in [-0.39, 0.29) is 0 Å². The zero-order chi connectivity index (χ0) is 13.8. The molecule has 4 heteroatoms. The third-order valence-electron chi connectivity index (χ3n) is 2.88. The molecular weight excluding hydrogens is 238 g/mol. The van der Waals surface area contributed by atoms with Crippen LogP contribution in [0.3, 0.4) is 0 Å². The van der Waals surface area contributed by atoms with Crippen LogP contribution in [-0.4, -0.2) is 16.2 Å². The summed E-state index contributed by atoms with van der Waals surface area (Å²) in [5.74, 6) is 2.05. The van der Waals surface area contributed by atoms with Crippen molar-refractivity contribution in [3.05, 3.63) is 30.6 Å². The molecule has 0 fully saturated rings. The monoisotopic (exact) mass is 259 g/mol. The first-order chi connectivity index (χ1) is 9.13. The van der Waals surface area contributed by atoms with Gasteiger partial charge >= 0.3 is 0 Å². The number of para-hydroxylation sites is 1. The van der Waals surface area contributed by atoms with Crippen molar-refractivity contribution in [3.63, 3.8) is 0 Å². The van der Waals surface area contributed by atoms with Crippen LogP contribution in [-0.2, 0) is 6.54 Å². The second kappa shape index (κ2) is 5.78. The topological polar surface area (TPSA) is 53.1 Å². The van der Waals surface area contributed by atoms with E-state index in [0.29, 0.717) is 18.3 Å². The highest BCUT2D eigenvalue weighted by Crippen LogP contribution is 2.32. The van der Waals surface area contributed by atoms with Gasteiger partial charge in [-0.15, -0.1) is 0 Å². The number of hydrogen-bond donors (Lipinski definition) is 1. The van der Waals surface area contributed by atoms with E-state index in [9.17, 15) is 0 Å². The van der Waals surface area contributed by atoms with E-state index in [1.807, 2.05) is 35.8 Å². The lowest BCUT2D eigenvalue weighted by atomic mass is 10.1. The van der Waals surface area contributed by atoms with Crippen LogP contribution in [0.15, 0.2) is 30.6 Å². The fourth-order valence-corrected chi connectivity index (χ4v) is 2.08. The number of nitrogens with two attached hydrogens (primary N) is 1. The molecule has 2 aromatic rings. The van der Waals surface area contributed by atoms with Gasteiger partial charge in [-0.25, -0.2) is 4.98 Å². The normalized spacial score (nSPS) is 10.9. The standard InChI is InChI=1S/C15H21N3O/c1-4-19-13-8-6-5-7-12(13)14-15(16)18(10-17-14)9-11(2)3/h5-8,10-11H,4,9,16H2,1-3H3. The van der Waals surface area contributed by atoms with E-state index in [4.69, 9.17) is 10.5 Å². The lowest BCUT2D eigenvalue weighted by molar-refractivity contribution is 0.341. The molecule has 0 saturated heterocycles. The summed E-state index contributed by atoms with van der Waals surface area (Å²) in [4.78, 5) is 4.44. The van der Waals surface area contributed by atoms with Crippen LogP contribution in [0.1, 0.15) is 20.8 Å². The lowest BCUT2D eigenvalue weighted by Gasteiger charge is -2.10. The number of nitrogens with zero attached hydrogens (tertiary/aromatic N) is 2. The van der Waals surface area contributed by atoms with Gasteiger partial charge in [0.1, 0.15) is 17.3 Å². The molecule has 0 radical (unpaired) electrons. The van der Waals surface area contributed by atoms with Gasteiger partial charge in [-0.1, -0.05) is 26.0 Å². The fraction of sp³-hybridized carbons (Fsp3) is 0.400. The summed E-state index contributed by atoms with van der Waals surface area (Å²) in [7, 11) is 0. The average Bonchev–Trinajstić information content (AvgIpc) is 2.72. The van der Waals surface area contributed by atoms with E-state index in [2.05, 4.69) is 18.8 Å². The summed E-state index contributed by atoms with van der Waals surface area (Å²) in [5.41, 5.74) is 7.94. The van der Waals surface area contributed by atoms with Crippen LogP contribution < -0.4 is 10.5 Å². The van der Waals surface area contributed by atoms with Crippen molar-refractivity contribution in [2.45, 2.75) is 27.3 Å². The number of imidazole rings is 1. The predicted octanol–water partition coefficient (Wildman–Crippen LogP) is 3.19. The molecule has 1 heterocycles. The van der Waals surface area contributed by atoms with Crippen molar-refractivity contribution in [3.8, 4) is 17.0 Å². The van der Waals surface area contributed by atoms with Crippen LogP contribution in [0.2, 0.25) is 0 Å². The van der Waals surface area contributed by atoms with Gasteiger partial charge in [0.25, 0.3) is 0 Å². The molecule has 0 aliphatic heterocycles. The summed E-state index contributed by atoms with van der Waals surface area (Å²) < 4.78 is 7.62. The number of nitrogen functional groups attached to an aromatic ring is 1. The van der Waals surface area contributed by atoms with Crippen LogP contribution in [0.5, 0.6) is 5.75 Å². The van der Waals surface area contributed by atoms with Gasteiger partial charge in [-0.3, -0.25) is 0 Å². The second-order valence-corrected chi connectivity index (χ2v) is 4.95. The summed E-state index contributed by atoms with van der Waals surface area (Å²) in [6.45, 7) is 7.79. The highest BCUT2D eigenvalue weighted by atomic mass is 16.5. The first kappa shape index (κ1) is 13.5. The molecule has 0 bridgehead atoms. The predicted molar refractivity (Wildman–Crippen MR) is 78.1 cm³/mol. The third-order valence-corrected chi connectivity index (χ3v) is 2.88. The molecule has 0 unspecified atom stereocenters. The Morgan fingerprint density at radius 2 is 2.05 bits per heavy atom. The molecular formula is C15H21N3O. The molecule has 0 amide bonds. The minimum Gasteiger partial charge on any atom is -0.493 e. The molecule has 4 nitrogen and oxygen atoms in total. The SMILES string of the molecule is CCOc1ccccc1-c1ncn(CC(C)C)c1N. The number of benzene rings is 1. The fourth-order valence-electron chi connectivity index (χ4n) is 2.08.